The molecule has 30 heavy (non-hydrogen) atoms. The number of nitrogens with one attached hydrogen (secondary N) is 3. The number of carbonyl (C=O) groups is 1. The zero-order chi connectivity index (χ0) is 22.0. The molecule has 0 spiro atoms. The minimum absolute atomic E-state index is 0.0951. The largest absolute Gasteiger partial charge is 0.494 e. The van der Waals surface area contributed by atoms with Gasteiger partial charge in [0, 0.05) is 17.8 Å². The van der Waals surface area contributed by atoms with E-state index >= 15 is 0 Å². The van der Waals surface area contributed by atoms with E-state index in [-0.39, 0.29) is 22.5 Å². The summed E-state index contributed by atoms with van der Waals surface area (Å²) in [6.07, 6.45) is 3.43. The lowest BCUT2D eigenvalue weighted by Gasteiger charge is -2.11. The summed E-state index contributed by atoms with van der Waals surface area (Å²) in [5, 5.41) is 5.55. The second kappa shape index (κ2) is 11.4. The van der Waals surface area contributed by atoms with E-state index in [1.807, 2.05) is 0 Å². The quantitative estimate of drug-likeness (QED) is 0.293. The predicted octanol–water partition coefficient (Wildman–Crippen LogP) is 3.46. The topological polar surface area (TPSA) is 96.5 Å². The number of hydrogen-bond donors (Lipinski definition) is 3. The summed E-state index contributed by atoms with van der Waals surface area (Å²) in [5.41, 5.74) is 0.961. The van der Waals surface area contributed by atoms with Crippen molar-refractivity contribution < 1.29 is 17.9 Å². The maximum Gasteiger partial charge on any atom is 0.257 e. The van der Waals surface area contributed by atoms with Crippen molar-refractivity contribution >= 4 is 38.9 Å². The van der Waals surface area contributed by atoms with E-state index in [0.29, 0.717) is 23.6 Å². The highest BCUT2D eigenvalue weighted by Gasteiger charge is 2.13. The van der Waals surface area contributed by atoms with Crippen molar-refractivity contribution in [2.24, 2.45) is 0 Å². The smallest absolute Gasteiger partial charge is 0.257 e. The van der Waals surface area contributed by atoms with Crippen LogP contribution in [0.2, 0.25) is 0 Å². The maximum absolute atomic E-state index is 12.4. The molecule has 7 nitrogen and oxygen atoms in total. The van der Waals surface area contributed by atoms with E-state index in [1.54, 1.807) is 36.4 Å². The van der Waals surface area contributed by atoms with Crippen LogP contribution >= 0.6 is 12.2 Å². The van der Waals surface area contributed by atoms with Crippen molar-refractivity contribution in [3.8, 4) is 5.75 Å². The highest BCUT2D eigenvalue weighted by Crippen LogP contribution is 2.15. The zero-order valence-electron chi connectivity index (χ0n) is 16.7. The summed E-state index contributed by atoms with van der Waals surface area (Å²) in [6.45, 7) is 6.29. The van der Waals surface area contributed by atoms with Gasteiger partial charge in [-0.3, -0.25) is 10.1 Å². The number of benzene rings is 2. The number of amides is 1. The van der Waals surface area contributed by atoms with E-state index < -0.39 is 10.0 Å². The summed E-state index contributed by atoms with van der Waals surface area (Å²) < 4.78 is 32.1. The summed E-state index contributed by atoms with van der Waals surface area (Å²) in [5.74, 6) is 0.248. The van der Waals surface area contributed by atoms with Crippen LogP contribution in [0.25, 0.3) is 0 Å². The Hall–Kier alpha value is -2.75. The first kappa shape index (κ1) is 23.5. The molecule has 0 aliphatic rings. The molecule has 0 heterocycles. The van der Waals surface area contributed by atoms with E-state index in [1.165, 1.54) is 18.2 Å². The van der Waals surface area contributed by atoms with E-state index in [2.05, 4.69) is 28.9 Å². The van der Waals surface area contributed by atoms with Crippen molar-refractivity contribution in [3.05, 3.63) is 66.7 Å². The van der Waals surface area contributed by atoms with Crippen LogP contribution in [0.15, 0.2) is 66.1 Å². The Kier molecular flexibility index (Phi) is 8.97. The van der Waals surface area contributed by atoms with Gasteiger partial charge in [0.2, 0.25) is 10.0 Å². The minimum Gasteiger partial charge on any atom is -0.494 e. The van der Waals surface area contributed by atoms with Gasteiger partial charge >= 0.3 is 0 Å². The van der Waals surface area contributed by atoms with Gasteiger partial charge < -0.3 is 10.1 Å². The molecule has 0 saturated carbocycles. The summed E-state index contributed by atoms with van der Waals surface area (Å²) in [7, 11) is -3.60. The highest BCUT2D eigenvalue weighted by atomic mass is 32.2. The average molecular weight is 448 g/mol. The number of thiocarbonyl (C=S) groups is 1. The molecule has 2 aromatic carbocycles. The molecule has 0 radical (unpaired) electrons. The molecule has 3 N–H and O–H groups in total. The van der Waals surface area contributed by atoms with Crippen LogP contribution in [0.3, 0.4) is 0 Å². The zero-order valence-corrected chi connectivity index (χ0v) is 18.3. The van der Waals surface area contributed by atoms with Gasteiger partial charge in [-0.1, -0.05) is 25.5 Å². The molecule has 0 bridgehead atoms. The molecule has 0 saturated heterocycles. The van der Waals surface area contributed by atoms with Crippen molar-refractivity contribution in [1.29, 1.82) is 0 Å². The first-order valence-corrected chi connectivity index (χ1v) is 11.3. The van der Waals surface area contributed by atoms with Crippen LogP contribution in [-0.4, -0.2) is 32.6 Å². The average Bonchev–Trinajstić information content (AvgIpc) is 2.73. The molecule has 0 aliphatic carbocycles. The Balaban J connectivity index is 1.94. The Labute approximate surface area is 182 Å². The normalized spacial score (nSPS) is 10.8. The number of unbranched alkanes of at least 4 members (excludes halogenated alkanes) is 1. The monoisotopic (exact) mass is 447 g/mol. The van der Waals surface area contributed by atoms with Gasteiger partial charge in [-0.25, -0.2) is 13.1 Å². The fraction of sp³-hybridized carbons (Fsp3) is 0.238. The number of carbonyl (C=O) groups excluding carboxylic acids is 1. The Bertz CT molecular complexity index is 990. The fourth-order valence-electron chi connectivity index (χ4n) is 2.37. The number of ether oxygens (including phenoxy) is 1. The molecule has 0 atom stereocenters. The fourth-order valence-corrected chi connectivity index (χ4v) is 3.58. The molecular formula is C21H25N3O4S2. The summed E-state index contributed by atoms with van der Waals surface area (Å²) in [6, 6.07) is 12.9. The molecule has 1 amide bonds. The van der Waals surface area contributed by atoms with Gasteiger partial charge in [0.15, 0.2) is 5.11 Å². The molecule has 0 fully saturated rings. The van der Waals surface area contributed by atoms with Crippen molar-refractivity contribution in [2.75, 3.05) is 18.5 Å². The standard InChI is InChI=1S/C21H25N3O4S2/c1-3-5-14-28-18-8-6-7-16(15-18)20(25)24-21(29)23-17-9-11-19(12-10-17)30(26,27)22-13-4-2/h4,6-12,15,22H,2-3,5,13-14H2,1H3,(H2,23,24,25,29). The SMILES string of the molecule is C=CCNS(=O)(=O)c1ccc(NC(=S)NC(=O)c2cccc(OCCCC)c2)cc1. The second-order valence-corrected chi connectivity index (χ2v) is 8.48. The molecule has 9 heteroatoms. The number of rotatable bonds is 10. The van der Waals surface area contributed by atoms with Crippen LogP contribution in [0.5, 0.6) is 5.75 Å². The molecule has 2 rings (SSSR count). The highest BCUT2D eigenvalue weighted by molar-refractivity contribution is 7.89. The van der Waals surface area contributed by atoms with Gasteiger partial charge in [-0.05, 0) is 61.1 Å². The van der Waals surface area contributed by atoms with Crippen LogP contribution in [0, 0.1) is 0 Å². The van der Waals surface area contributed by atoms with Crippen LogP contribution in [-0.2, 0) is 10.0 Å². The maximum atomic E-state index is 12.4. The van der Waals surface area contributed by atoms with Crippen LogP contribution < -0.4 is 20.1 Å². The third-order valence-corrected chi connectivity index (χ3v) is 5.57. The first-order chi connectivity index (χ1) is 14.4. The third kappa shape index (κ3) is 7.25. The molecule has 0 aromatic heterocycles. The Morgan fingerprint density at radius 2 is 1.93 bits per heavy atom. The van der Waals surface area contributed by atoms with Crippen molar-refractivity contribution in [2.45, 2.75) is 24.7 Å². The van der Waals surface area contributed by atoms with Crippen LogP contribution in [0.4, 0.5) is 5.69 Å². The molecule has 2 aromatic rings. The van der Waals surface area contributed by atoms with Crippen molar-refractivity contribution in [1.82, 2.24) is 10.0 Å². The third-order valence-electron chi connectivity index (χ3n) is 3.93. The second-order valence-electron chi connectivity index (χ2n) is 6.30. The lowest BCUT2D eigenvalue weighted by atomic mass is 10.2. The van der Waals surface area contributed by atoms with E-state index in [4.69, 9.17) is 17.0 Å². The Morgan fingerprint density at radius 3 is 2.60 bits per heavy atom. The van der Waals surface area contributed by atoms with Gasteiger partial charge in [-0.2, -0.15) is 0 Å². The number of sulfonamides is 1. The van der Waals surface area contributed by atoms with Gasteiger partial charge in [0.1, 0.15) is 5.75 Å². The van der Waals surface area contributed by atoms with E-state index in [9.17, 15) is 13.2 Å². The molecule has 0 aliphatic heterocycles. The molecular weight excluding hydrogens is 422 g/mol. The summed E-state index contributed by atoms with van der Waals surface area (Å²) >= 11 is 5.18. The lowest BCUT2D eigenvalue weighted by Crippen LogP contribution is -2.34. The molecule has 160 valence electrons. The van der Waals surface area contributed by atoms with Crippen LogP contribution in [0.1, 0.15) is 30.1 Å². The van der Waals surface area contributed by atoms with Crippen molar-refractivity contribution in [3.63, 3.8) is 0 Å². The Morgan fingerprint density at radius 1 is 1.20 bits per heavy atom. The predicted molar refractivity (Wildman–Crippen MR) is 122 cm³/mol. The summed E-state index contributed by atoms with van der Waals surface area (Å²) in [4.78, 5) is 12.5. The lowest BCUT2D eigenvalue weighted by molar-refractivity contribution is 0.0977. The number of anilines is 1. The van der Waals surface area contributed by atoms with E-state index in [0.717, 1.165) is 12.8 Å². The van der Waals surface area contributed by atoms with Gasteiger partial charge in [0.25, 0.3) is 5.91 Å². The minimum atomic E-state index is -3.60. The van der Waals surface area contributed by atoms with Gasteiger partial charge in [-0.15, -0.1) is 6.58 Å². The van der Waals surface area contributed by atoms with Gasteiger partial charge in [0.05, 0.1) is 11.5 Å². The first-order valence-electron chi connectivity index (χ1n) is 9.41. The molecule has 0 unspecified atom stereocenters. The number of hydrogen-bond acceptors (Lipinski definition) is 5.